The molecule has 0 saturated heterocycles. The van der Waals surface area contributed by atoms with Crippen molar-refractivity contribution in [2.45, 2.75) is 13.0 Å². The molecule has 26 heavy (non-hydrogen) atoms. The lowest BCUT2D eigenvalue weighted by atomic mass is 10.1. The predicted octanol–water partition coefficient (Wildman–Crippen LogP) is 1.76. The lowest BCUT2D eigenvalue weighted by Crippen LogP contribution is -2.16. The number of esters is 1. The Morgan fingerprint density at radius 3 is 2.96 bits per heavy atom. The number of nitrogens with one attached hydrogen (secondary N) is 1. The molecule has 1 aromatic heterocycles. The zero-order chi connectivity index (χ0) is 19.1. The van der Waals surface area contributed by atoms with E-state index >= 15 is 0 Å². The van der Waals surface area contributed by atoms with E-state index in [1.54, 1.807) is 30.3 Å². The summed E-state index contributed by atoms with van der Waals surface area (Å²) in [5.74, 6) is -1.04. The first-order chi connectivity index (χ1) is 12.5. The third-order valence-corrected chi connectivity index (χ3v) is 4.59. The Hall–Kier alpha value is -2.96. The zero-order valence-corrected chi connectivity index (χ0v) is 15.1. The highest BCUT2D eigenvalue weighted by atomic mass is 35.5. The van der Waals surface area contributed by atoms with Crippen molar-refractivity contribution >= 4 is 41.0 Å². The van der Waals surface area contributed by atoms with Gasteiger partial charge in [0.1, 0.15) is 11.6 Å². The first-order valence-corrected chi connectivity index (χ1v) is 8.41. The number of aromatic nitrogens is 1. The number of nitrogens with zero attached hydrogens (tertiary/aromatic N) is 3. The molecule has 0 unspecified atom stereocenters. The van der Waals surface area contributed by atoms with E-state index in [0.29, 0.717) is 16.0 Å². The highest BCUT2D eigenvalue weighted by Crippen LogP contribution is 2.18. The molecular weight excluding hydrogens is 380 g/mol. The molecule has 1 N–H and O–H groups in total. The number of carbonyl (C=O) groups is 2. The fourth-order valence-electron chi connectivity index (χ4n) is 1.99. The predicted molar refractivity (Wildman–Crippen MR) is 96.4 cm³/mol. The summed E-state index contributed by atoms with van der Waals surface area (Å²) in [5, 5.41) is 12.2. The average molecular weight is 393 g/mol. The van der Waals surface area contributed by atoms with Gasteiger partial charge in [0, 0.05) is 0 Å². The van der Waals surface area contributed by atoms with Crippen molar-refractivity contribution in [2.24, 2.45) is 5.10 Å². The van der Waals surface area contributed by atoms with Crippen molar-refractivity contribution in [1.29, 1.82) is 5.26 Å². The van der Waals surface area contributed by atoms with E-state index in [2.05, 4.69) is 15.3 Å². The van der Waals surface area contributed by atoms with Gasteiger partial charge in [-0.3, -0.25) is 14.2 Å². The lowest BCUT2D eigenvalue weighted by molar-refractivity contribution is -0.120. The summed E-state index contributed by atoms with van der Waals surface area (Å²) >= 11 is 7.07. The molecule has 0 aliphatic carbocycles. The van der Waals surface area contributed by atoms with Crippen LogP contribution in [-0.2, 0) is 16.1 Å². The van der Waals surface area contributed by atoms with Crippen molar-refractivity contribution < 1.29 is 14.3 Å². The van der Waals surface area contributed by atoms with Gasteiger partial charge in [-0.2, -0.15) is 10.4 Å². The van der Waals surface area contributed by atoms with Gasteiger partial charge in [-0.05, 0) is 17.7 Å². The molecule has 0 aliphatic heterocycles. The van der Waals surface area contributed by atoms with Crippen LogP contribution in [0.3, 0.4) is 0 Å². The quantitative estimate of drug-likeness (QED) is 0.457. The van der Waals surface area contributed by atoms with E-state index in [9.17, 15) is 14.4 Å². The van der Waals surface area contributed by atoms with Gasteiger partial charge in [-0.1, -0.05) is 35.1 Å². The van der Waals surface area contributed by atoms with Gasteiger partial charge in [0.25, 0.3) is 5.91 Å². The van der Waals surface area contributed by atoms with Gasteiger partial charge in [-0.15, -0.1) is 0 Å². The van der Waals surface area contributed by atoms with Crippen molar-refractivity contribution in [3.8, 4) is 6.07 Å². The van der Waals surface area contributed by atoms with Gasteiger partial charge in [-0.25, -0.2) is 10.2 Å². The Labute approximate surface area is 157 Å². The van der Waals surface area contributed by atoms with Gasteiger partial charge in [0.15, 0.2) is 0 Å². The summed E-state index contributed by atoms with van der Waals surface area (Å²) in [6, 6.07) is 8.34. The molecule has 2 aromatic rings. The minimum Gasteiger partial charge on any atom is -0.465 e. The van der Waals surface area contributed by atoms with Crippen LogP contribution in [0.25, 0.3) is 0 Å². The number of amides is 1. The number of hydrogen-bond donors (Lipinski definition) is 1. The molecule has 1 heterocycles. The van der Waals surface area contributed by atoms with Crippen molar-refractivity contribution in [2.75, 3.05) is 7.11 Å². The van der Waals surface area contributed by atoms with Crippen LogP contribution in [-0.4, -0.2) is 29.8 Å². The summed E-state index contributed by atoms with van der Waals surface area (Å²) in [4.78, 5) is 34.9. The first kappa shape index (κ1) is 19.4. The van der Waals surface area contributed by atoms with Crippen LogP contribution in [0.5, 0.6) is 0 Å². The van der Waals surface area contributed by atoms with Crippen LogP contribution >= 0.6 is 22.9 Å². The Morgan fingerprint density at radius 1 is 1.50 bits per heavy atom. The zero-order valence-electron chi connectivity index (χ0n) is 13.6. The topological polar surface area (TPSA) is 114 Å². The number of ether oxygens (including phenoxy) is 1. The summed E-state index contributed by atoms with van der Waals surface area (Å²) in [6.45, 7) is 0.160. The maximum absolute atomic E-state index is 12.2. The van der Waals surface area contributed by atoms with Crippen LogP contribution in [0.4, 0.5) is 0 Å². The number of rotatable bonds is 6. The van der Waals surface area contributed by atoms with Crippen molar-refractivity contribution in [3.63, 3.8) is 0 Å². The minimum atomic E-state index is -0.564. The molecule has 0 fully saturated rings. The van der Waals surface area contributed by atoms with Crippen LogP contribution in [0.15, 0.2) is 34.2 Å². The third-order valence-electron chi connectivity index (χ3n) is 3.16. The Morgan fingerprint density at radius 2 is 2.27 bits per heavy atom. The summed E-state index contributed by atoms with van der Waals surface area (Å²) in [7, 11) is 1.29. The van der Waals surface area contributed by atoms with Crippen LogP contribution in [0.1, 0.15) is 27.2 Å². The molecular formula is C16H13ClN4O4S. The molecule has 8 nitrogen and oxygen atoms in total. The van der Waals surface area contributed by atoms with Crippen molar-refractivity contribution in [1.82, 2.24) is 9.99 Å². The minimum absolute atomic E-state index is 0.154. The molecule has 1 amide bonds. The molecule has 0 radical (unpaired) electrons. The standard InChI is InChI=1S/C16H13ClN4O4S/c1-25-15(23)11-4-2-3-10(7-11)9-21-14(17)12(26-16(21)24)8-19-20-13(22)5-6-18/h2-4,7-8H,5,9H2,1H3,(H,20,22). The van der Waals surface area contributed by atoms with Gasteiger partial charge in [0.2, 0.25) is 0 Å². The molecule has 0 bridgehead atoms. The fourth-order valence-corrected chi connectivity index (χ4v) is 3.09. The second-order valence-electron chi connectivity index (χ2n) is 4.93. The molecule has 134 valence electrons. The van der Waals surface area contributed by atoms with Crippen LogP contribution in [0.2, 0.25) is 5.15 Å². The van der Waals surface area contributed by atoms with E-state index < -0.39 is 11.9 Å². The Bertz CT molecular complexity index is 958. The molecule has 1 aromatic carbocycles. The molecule has 0 spiro atoms. The van der Waals surface area contributed by atoms with E-state index in [0.717, 1.165) is 11.3 Å². The molecule has 2 rings (SSSR count). The number of hydrazone groups is 1. The smallest absolute Gasteiger partial charge is 0.337 e. The largest absolute Gasteiger partial charge is 0.465 e. The monoisotopic (exact) mass is 392 g/mol. The average Bonchev–Trinajstić information content (AvgIpc) is 2.89. The highest BCUT2D eigenvalue weighted by molar-refractivity contribution is 7.11. The highest BCUT2D eigenvalue weighted by Gasteiger charge is 2.13. The SMILES string of the molecule is COC(=O)c1cccc(Cn2c(Cl)c(C=NNC(=O)CC#N)sc2=O)c1. The molecule has 0 atom stereocenters. The van der Waals surface area contributed by atoms with E-state index in [1.165, 1.54) is 17.9 Å². The van der Waals surface area contributed by atoms with Gasteiger partial charge in [0.05, 0.1) is 36.4 Å². The number of benzene rings is 1. The Balaban J connectivity index is 2.19. The Kier molecular flexibility index (Phi) is 6.66. The van der Waals surface area contributed by atoms with E-state index in [4.69, 9.17) is 16.9 Å². The van der Waals surface area contributed by atoms with Crippen LogP contribution in [0, 0.1) is 11.3 Å². The third kappa shape index (κ3) is 4.78. The number of thiazole rings is 1. The van der Waals surface area contributed by atoms with E-state index in [-0.39, 0.29) is 23.0 Å². The van der Waals surface area contributed by atoms with Gasteiger partial charge < -0.3 is 4.74 Å². The second kappa shape index (κ2) is 8.94. The first-order valence-electron chi connectivity index (χ1n) is 7.21. The molecule has 0 aliphatic rings. The maximum atomic E-state index is 12.2. The lowest BCUT2D eigenvalue weighted by Gasteiger charge is -2.06. The van der Waals surface area contributed by atoms with Crippen molar-refractivity contribution in [3.05, 3.63) is 55.1 Å². The van der Waals surface area contributed by atoms with Gasteiger partial charge >= 0.3 is 10.8 Å². The molecule has 0 saturated carbocycles. The normalized spacial score (nSPS) is 10.5. The number of methoxy groups -OCH3 is 1. The number of hydrogen-bond acceptors (Lipinski definition) is 7. The summed E-state index contributed by atoms with van der Waals surface area (Å²) in [5.41, 5.74) is 3.22. The molecule has 10 heteroatoms. The number of nitriles is 1. The second-order valence-corrected chi connectivity index (χ2v) is 6.28. The van der Waals surface area contributed by atoms with Crippen LogP contribution < -0.4 is 10.3 Å². The fraction of sp³-hybridized carbons (Fsp3) is 0.188. The number of halogens is 1. The summed E-state index contributed by atoms with van der Waals surface area (Å²) < 4.78 is 5.99. The summed E-state index contributed by atoms with van der Waals surface area (Å²) in [6.07, 6.45) is 0.921. The van der Waals surface area contributed by atoms with E-state index in [1.807, 2.05) is 0 Å². The number of carbonyl (C=O) groups excluding carboxylic acids is 2. The maximum Gasteiger partial charge on any atom is 0.337 e.